The first-order chi connectivity index (χ1) is 48.1. The summed E-state index contributed by atoms with van der Waals surface area (Å²) in [7, 11) is 0. The molecule has 9 heteroatoms. The van der Waals surface area contributed by atoms with Crippen LogP contribution in [0.5, 0.6) is 0 Å². The van der Waals surface area contributed by atoms with E-state index < -0.39 is 0 Å². The molecule has 0 aliphatic heterocycles. The summed E-state index contributed by atoms with van der Waals surface area (Å²) in [5.74, 6) is 3.38. The number of hydrogen-bond acceptors (Lipinski definition) is 6. The van der Waals surface area contributed by atoms with Crippen molar-refractivity contribution in [2.24, 2.45) is 0 Å². The van der Waals surface area contributed by atoms with E-state index in [9.17, 15) is 0 Å². The molecule has 21 rings (SSSR count). The third-order valence-electron chi connectivity index (χ3n) is 20.1. The Morgan fingerprint density at radius 2 is 0.464 bits per heavy atom. The number of hydrogen-bond donors (Lipinski definition) is 0. The fourth-order valence-electron chi connectivity index (χ4n) is 15.7. The van der Waals surface area contributed by atoms with Crippen molar-refractivity contribution in [1.29, 1.82) is 0 Å². The van der Waals surface area contributed by atoms with Gasteiger partial charge in [-0.05, 0) is 147 Å². The van der Waals surface area contributed by atoms with Crippen LogP contribution in [-0.2, 0) is 0 Å². The molecule has 0 bridgehead atoms. The SMILES string of the molecule is c1ccc2c(c1)ccc1ccc(-c3nc(-n4c5ccccc5c5ccccc54)nc(-n4c5ccccc5c5cc(-c6cccc7c6ccc6ccc(-c8nc(-c9ccc%10c%11ccccc%11c%11ccccc%11c%10c9)nc(-n9c%10ccccc%10c%10ccccc%109)n8)cc67)ccc54)n3)cc12. The monoisotopic (exact) mass is 1230 g/mol. The third kappa shape index (κ3) is 8.06. The predicted octanol–water partition coefficient (Wildman–Crippen LogP) is 22.1. The van der Waals surface area contributed by atoms with Crippen LogP contribution >= 0.6 is 0 Å². The minimum absolute atomic E-state index is 0.526. The lowest BCUT2D eigenvalue weighted by atomic mass is 9.93. The van der Waals surface area contributed by atoms with Gasteiger partial charge in [0.1, 0.15) is 0 Å². The molecule has 0 unspecified atom stereocenters. The first-order valence-electron chi connectivity index (χ1n) is 32.8. The maximum atomic E-state index is 5.52. The highest BCUT2D eigenvalue weighted by Gasteiger charge is 2.24. The molecule has 5 heterocycles. The van der Waals surface area contributed by atoms with E-state index in [1.54, 1.807) is 0 Å². The van der Waals surface area contributed by atoms with E-state index in [1.165, 1.54) is 37.7 Å². The van der Waals surface area contributed by atoms with E-state index in [0.717, 1.165) is 131 Å². The first kappa shape index (κ1) is 53.3. The molecule has 0 N–H and O–H groups in total. The van der Waals surface area contributed by atoms with Gasteiger partial charge in [-0.2, -0.15) is 24.9 Å². The third-order valence-corrected chi connectivity index (χ3v) is 20.1. The van der Waals surface area contributed by atoms with E-state index in [2.05, 4.69) is 323 Å². The lowest BCUT2D eigenvalue weighted by Crippen LogP contribution is -2.10. The molecule has 0 aliphatic carbocycles. The zero-order chi connectivity index (χ0) is 63.4. The Hall–Kier alpha value is -13.2. The number of rotatable bonds is 7. The Morgan fingerprint density at radius 3 is 0.979 bits per heavy atom. The summed E-state index contributed by atoms with van der Waals surface area (Å²) in [6.45, 7) is 0. The van der Waals surface area contributed by atoms with Crippen molar-refractivity contribution >= 4 is 141 Å². The highest BCUT2D eigenvalue weighted by molar-refractivity contribution is 6.26. The van der Waals surface area contributed by atoms with Crippen molar-refractivity contribution < 1.29 is 0 Å². The largest absolute Gasteiger partial charge is 0.278 e. The fraction of sp³-hybridized carbons (Fsp3) is 0. The molecule has 0 fully saturated rings. The Morgan fingerprint density at radius 1 is 0.165 bits per heavy atom. The minimum Gasteiger partial charge on any atom is -0.278 e. The maximum Gasteiger partial charge on any atom is 0.240 e. The van der Waals surface area contributed by atoms with E-state index in [4.69, 9.17) is 29.9 Å². The lowest BCUT2D eigenvalue weighted by molar-refractivity contribution is 0.893. The minimum atomic E-state index is 0.526. The van der Waals surface area contributed by atoms with Crippen LogP contribution < -0.4 is 0 Å². The standard InChI is InChI=1S/C88H51N9/c1-2-19-59-52(18-1)36-37-53-38-41-57(49-73(53)59)85-92-87(96-79-33-14-9-26-70(79)71-27-10-15-34-80(71)96)94-88(93-85)97-81-35-16-11-28-72(81)76-48-55(44-47-82(76)97)60-29-17-30-64-66(60)45-42-54-39-40-56(50-74(54)64)83-89-84(91-86(90-83)95-77-31-12-7-24-68(77)69-25-8-13-32-78(69)95)58-43-46-67-63-22-4-3-20-61(63)62-21-5-6-23-65(62)75(67)51-58/h1-51H. The van der Waals surface area contributed by atoms with Gasteiger partial charge in [0.05, 0.1) is 33.1 Å². The Kier molecular flexibility index (Phi) is 11.3. The van der Waals surface area contributed by atoms with Crippen LogP contribution in [0, 0.1) is 0 Å². The van der Waals surface area contributed by atoms with Crippen LogP contribution in [0.25, 0.3) is 204 Å². The number of aromatic nitrogens is 9. The molecule has 0 saturated carbocycles. The zero-order valence-corrected chi connectivity index (χ0v) is 52.0. The summed E-state index contributed by atoms with van der Waals surface area (Å²) < 4.78 is 6.60. The molecule has 9 nitrogen and oxygen atoms in total. The molecule has 21 aromatic rings. The van der Waals surface area contributed by atoms with Gasteiger partial charge in [-0.15, -0.1) is 0 Å². The van der Waals surface area contributed by atoms with Crippen LogP contribution in [0.1, 0.15) is 0 Å². The lowest BCUT2D eigenvalue weighted by Gasteiger charge is -2.14. The molecule has 0 amide bonds. The molecule has 97 heavy (non-hydrogen) atoms. The van der Waals surface area contributed by atoms with Crippen LogP contribution in [0.4, 0.5) is 0 Å². The smallest absolute Gasteiger partial charge is 0.240 e. The Bertz CT molecular complexity index is 6830. The van der Waals surface area contributed by atoms with Crippen molar-refractivity contribution in [3.8, 4) is 63.1 Å². The second kappa shape index (κ2) is 20.6. The van der Waals surface area contributed by atoms with E-state index in [0.29, 0.717) is 35.3 Å². The summed E-state index contributed by atoms with van der Waals surface area (Å²) in [6, 6.07) is 111. The highest BCUT2D eigenvalue weighted by Crippen LogP contribution is 2.43. The van der Waals surface area contributed by atoms with Crippen molar-refractivity contribution in [3.05, 3.63) is 309 Å². The van der Waals surface area contributed by atoms with Gasteiger partial charge < -0.3 is 0 Å². The van der Waals surface area contributed by atoms with Crippen LogP contribution in [0.3, 0.4) is 0 Å². The highest BCUT2D eigenvalue weighted by atomic mass is 15.3. The predicted molar refractivity (Wildman–Crippen MR) is 401 cm³/mol. The number of nitrogens with zero attached hydrogens (tertiary/aromatic N) is 9. The van der Waals surface area contributed by atoms with Crippen molar-refractivity contribution in [2.75, 3.05) is 0 Å². The second-order valence-corrected chi connectivity index (χ2v) is 25.3. The van der Waals surface area contributed by atoms with E-state index >= 15 is 0 Å². The molecule has 0 saturated heterocycles. The quantitative estimate of drug-likeness (QED) is 0.148. The normalized spacial score (nSPS) is 12.1. The Balaban J connectivity index is 0.731. The second-order valence-electron chi connectivity index (χ2n) is 25.3. The molecule has 0 aliphatic rings. The number of benzene rings is 16. The maximum absolute atomic E-state index is 5.52. The van der Waals surface area contributed by atoms with Gasteiger partial charge in [0, 0.05) is 49.0 Å². The summed E-state index contributed by atoms with van der Waals surface area (Å²) in [5, 5.41) is 23.0. The average Bonchev–Trinajstić information content (AvgIpc) is 1.73. The molecule has 0 radical (unpaired) electrons. The molecular weight excluding hydrogens is 1180 g/mol. The average molecular weight is 1230 g/mol. The van der Waals surface area contributed by atoms with Gasteiger partial charge in [0.25, 0.3) is 0 Å². The van der Waals surface area contributed by atoms with E-state index in [-0.39, 0.29) is 0 Å². The molecule has 5 aromatic heterocycles. The van der Waals surface area contributed by atoms with Gasteiger partial charge in [-0.1, -0.05) is 249 Å². The van der Waals surface area contributed by atoms with E-state index in [1.807, 2.05) is 0 Å². The van der Waals surface area contributed by atoms with Gasteiger partial charge in [0.2, 0.25) is 17.8 Å². The first-order valence-corrected chi connectivity index (χ1v) is 32.8. The summed E-state index contributed by atoms with van der Waals surface area (Å²) in [6.07, 6.45) is 0. The molecule has 0 atom stereocenters. The van der Waals surface area contributed by atoms with Gasteiger partial charge in [0.15, 0.2) is 17.5 Å². The van der Waals surface area contributed by atoms with Crippen molar-refractivity contribution in [2.45, 2.75) is 0 Å². The zero-order valence-electron chi connectivity index (χ0n) is 52.0. The van der Waals surface area contributed by atoms with Gasteiger partial charge in [-0.3, -0.25) is 13.7 Å². The topological polar surface area (TPSA) is 92.1 Å². The summed E-state index contributed by atoms with van der Waals surface area (Å²) in [5.41, 5.74) is 11.0. The molecular formula is C88H51N9. The molecule has 16 aromatic carbocycles. The Labute approximate surface area is 553 Å². The van der Waals surface area contributed by atoms with Crippen LogP contribution in [-0.4, -0.2) is 43.6 Å². The number of para-hydroxylation sites is 5. The summed E-state index contributed by atoms with van der Waals surface area (Å²) in [4.78, 5) is 32.8. The molecule has 448 valence electrons. The van der Waals surface area contributed by atoms with Gasteiger partial charge >= 0.3 is 0 Å². The van der Waals surface area contributed by atoms with Crippen LogP contribution in [0.15, 0.2) is 309 Å². The number of fused-ring (bicyclic) bond motifs is 21. The van der Waals surface area contributed by atoms with Crippen LogP contribution in [0.2, 0.25) is 0 Å². The van der Waals surface area contributed by atoms with Crippen molar-refractivity contribution in [3.63, 3.8) is 0 Å². The summed E-state index contributed by atoms with van der Waals surface area (Å²) >= 11 is 0. The molecule has 0 spiro atoms. The fourth-order valence-corrected chi connectivity index (χ4v) is 15.7. The van der Waals surface area contributed by atoms with Gasteiger partial charge in [-0.25, -0.2) is 4.98 Å². The van der Waals surface area contributed by atoms with Crippen molar-refractivity contribution in [1.82, 2.24) is 43.6 Å².